The molecule has 1 aromatic carbocycles. The molecule has 5 heteroatoms. The van der Waals surface area contributed by atoms with Gasteiger partial charge in [-0.05, 0) is 63.7 Å². The van der Waals surface area contributed by atoms with E-state index < -0.39 is 0 Å². The van der Waals surface area contributed by atoms with Gasteiger partial charge in [0, 0.05) is 4.47 Å². The van der Waals surface area contributed by atoms with Gasteiger partial charge in [-0.15, -0.1) is 0 Å². The van der Waals surface area contributed by atoms with Crippen molar-refractivity contribution < 1.29 is 9.31 Å². The van der Waals surface area contributed by atoms with Crippen molar-refractivity contribution in [2.45, 2.75) is 57.2 Å². The lowest BCUT2D eigenvalue weighted by molar-refractivity contribution is 0.00578. The van der Waals surface area contributed by atoms with Crippen LogP contribution in [0.2, 0.25) is 0 Å². The third kappa shape index (κ3) is 2.44. The van der Waals surface area contributed by atoms with E-state index in [0.717, 1.165) is 28.3 Å². The van der Waals surface area contributed by atoms with Gasteiger partial charge in [-0.3, -0.25) is 0 Å². The summed E-state index contributed by atoms with van der Waals surface area (Å²) in [5.74, 6) is 0. The first-order valence-corrected chi connectivity index (χ1v) is 8.06. The number of hydrogen-bond acceptors (Lipinski definition) is 3. The van der Waals surface area contributed by atoms with Gasteiger partial charge in [-0.2, -0.15) is 5.26 Å². The predicted octanol–water partition coefficient (Wildman–Crippen LogP) is 3.30. The standard InChI is InChI=1S/C16H19BBrNO2/c1-14(2)15(3,4)21-17(20-14)12-7-11(8-13(18)9-12)16(10-19)5-6-16/h7-9H,5-6H2,1-4H3. The van der Waals surface area contributed by atoms with E-state index in [1.807, 2.05) is 39.8 Å². The summed E-state index contributed by atoms with van der Waals surface area (Å²) in [5, 5.41) is 9.40. The smallest absolute Gasteiger partial charge is 0.399 e. The maximum Gasteiger partial charge on any atom is 0.494 e. The normalized spacial score (nSPS) is 24.7. The molecule has 1 saturated carbocycles. The summed E-state index contributed by atoms with van der Waals surface area (Å²) in [7, 11) is -0.388. The van der Waals surface area contributed by atoms with Gasteiger partial charge >= 0.3 is 7.12 Å². The van der Waals surface area contributed by atoms with Crippen molar-refractivity contribution in [1.29, 1.82) is 5.26 Å². The molecule has 1 aliphatic carbocycles. The van der Waals surface area contributed by atoms with E-state index in [-0.39, 0.29) is 23.7 Å². The van der Waals surface area contributed by atoms with E-state index >= 15 is 0 Å². The van der Waals surface area contributed by atoms with Crippen molar-refractivity contribution in [2.75, 3.05) is 0 Å². The Hall–Kier alpha value is -0.825. The van der Waals surface area contributed by atoms with E-state index in [4.69, 9.17) is 9.31 Å². The minimum Gasteiger partial charge on any atom is -0.399 e. The summed E-state index contributed by atoms with van der Waals surface area (Å²) < 4.78 is 13.2. The molecule has 3 nitrogen and oxygen atoms in total. The molecule has 0 atom stereocenters. The highest BCUT2D eigenvalue weighted by Gasteiger charge is 2.52. The Bertz CT molecular complexity index is 616. The van der Waals surface area contributed by atoms with Crippen LogP contribution in [0, 0.1) is 11.3 Å². The zero-order chi connectivity index (χ0) is 15.5. The van der Waals surface area contributed by atoms with Crippen LogP contribution < -0.4 is 5.46 Å². The monoisotopic (exact) mass is 347 g/mol. The average molecular weight is 348 g/mol. The van der Waals surface area contributed by atoms with Crippen molar-refractivity contribution in [1.82, 2.24) is 0 Å². The van der Waals surface area contributed by atoms with Gasteiger partial charge in [0.05, 0.1) is 22.7 Å². The van der Waals surface area contributed by atoms with Crippen LogP contribution in [-0.4, -0.2) is 18.3 Å². The minimum absolute atomic E-state index is 0.303. The highest BCUT2D eigenvalue weighted by molar-refractivity contribution is 9.10. The highest BCUT2D eigenvalue weighted by atomic mass is 79.9. The van der Waals surface area contributed by atoms with Gasteiger partial charge < -0.3 is 9.31 Å². The third-order valence-electron chi connectivity index (χ3n) is 4.96. The Morgan fingerprint density at radius 1 is 1.10 bits per heavy atom. The molecule has 3 rings (SSSR count). The van der Waals surface area contributed by atoms with Gasteiger partial charge in [-0.1, -0.05) is 22.0 Å². The topological polar surface area (TPSA) is 42.2 Å². The first kappa shape index (κ1) is 15.1. The Kier molecular flexibility index (Phi) is 3.29. The lowest BCUT2D eigenvalue weighted by atomic mass is 9.77. The molecule has 0 amide bonds. The Labute approximate surface area is 134 Å². The van der Waals surface area contributed by atoms with Crippen molar-refractivity contribution in [3.63, 3.8) is 0 Å². The predicted molar refractivity (Wildman–Crippen MR) is 86.4 cm³/mol. The van der Waals surface area contributed by atoms with Gasteiger partial charge in [0.2, 0.25) is 0 Å². The molecular formula is C16H19BBrNO2. The molecule has 0 aromatic heterocycles. The summed E-state index contributed by atoms with van der Waals surface area (Å²) in [6.45, 7) is 8.18. The van der Waals surface area contributed by atoms with Gasteiger partial charge in [0.25, 0.3) is 0 Å². The Balaban J connectivity index is 1.96. The molecule has 21 heavy (non-hydrogen) atoms. The number of hydrogen-bond donors (Lipinski definition) is 0. The van der Waals surface area contributed by atoms with Crippen molar-refractivity contribution in [3.8, 4) is 6.07 Å². The summed E-state index contributed by atoms with van der Waals surface area (Å²) >= 11 is 3.55. The van der Waals surface area contributed by atoms with Crippen LogP contribution in [-0.2, 0) is 14.7 Å². The molecule has 2 aliphatic rings. The summed E-state index contributed by atoms with van der Waals surface area (Å²) in [6, 6.07) is 8.55. The van der Waals surface area contributed by atoms with E-state index in [1.165, 1.54) is 0 Å². The molecule has 1 heterocycles. The molecule has 1 aromatic rings. The molecule has 0 N–H and O–H groups in total. The van der Waals surface area contributed by atoms with E-state index in [0.29, 0.717) is 0 Å². The number of rotatable bonds is 2. The fraction of sp³-hybridized carbons (Fsp3) is 0.562. The van der Waals surface area contributed by atoms with Gasteiger partial charge in [-0.25, -0.2) is 0 Å². The molecule has 0 spiro atoms. The van der Waals surface area contributed by atoms with Crippen LogP contribution in [0.5, 0.6) is 0 Å². The molecule has 1 saturated heterocycles. The van der Waals surface area contributed by atoms with Gasteiger partial charge in [0.15, 0.2) is 0 Å². The second kappa shape index (κ2) is 4.58. The molecular weight excluding hydrogens is 329 g/mol. The minimum atomic E-state index is -0.388. The van der Waals surface area contributed by atoms with Crippen LogP contribution in [0.4, 0.5) is 0 Å². The number of nitrogens with zero attached hydrogens (tertiary/aromatic N) is 1. The molecule has 110 valence electrons. The molecule has 1 aliphatic heterocycles. The fourth-order valence-electron chi connectivity index (χ4n) is 2.59. The molecule has 0 radical (unpaired) electrons. The zero-order valence-corrected chi connectivity index (χ0v) is 14.5. The van der Waals surface area contributed by atoms with Crippen LogP contribution in [0.25, 0.3) is 0 Å². The van der Waals surface area contributed by atoms with Crippen molar-refractivity contribution >= 4 is 28.5 Å². The van der Waals surface area contributed by atoms with E-state index in [1.54, 1.807) is 0 Å². The first-order chi connectivity index (χ1) is 9.69. The number of halogens is 1. The second-order valence-electron chi connectivity index (χ2n) is 7.06. The highest BCUT2D eigenvalue weighted by Crippen LogP contribution is 2.48. The lowest BCUT2D eigenvalue weighted by Crippen LogP contribution is -2.41. The molecule has 2 fully saturated rings. The summed E-state index contributed by atoms with van der Waals surface area (Å²) in [6.07, 6.45) is 1.87. The summed E-state index contributed by atoms with van der Waals surface area (Å²) in [4.78, 5) is 0. The second-order valence-corrected chi connectivity index (χ2v) is 7.97. The maximum absolute atomic E-state index is 9.40. The van der Waals surface area contributed by atoms with Crippen molar-refractivity contribution in [2.24, 2.45) is 0 Å². The lowest BCUT2D eigenvalue weighted by Gasteiger charge is -2.32. The van der Waals surface area contributed by atoms with Crippen molar-refractivity contribution in [3.05, 3.63) is 28.2 Å². The van der Waals surface area contributed by atoms with Crippen LogP contribution >= 0.6 is 15.9 Å². The van der Waals surface area contributed by atoms with Crippen LogP contribution in [0.15, 0.2) is 22.7 Å². The van der Waals surface area contributed by atoms with Crippen LogP contribution in [0.1, 0.15) is 46.1 Å². The average Bonchev–Trinajstić information content (AvgIpc) is 3.13. The Morgan fingerprint density at radius 3 is 2.14 bits per heavy atom. The van der Waals surface area contributed by atoms with E-state index in [9.17, 15) is 5.26 Å². The third-order valence-corrected chi connectivity index (χ3v) is 5.42. The fourth-order valence-corrected chi connectivity index (χ4v) is 3.10. The quantitative estimate of drug-likeness (QED) is 0.771. The van der Waals surface area contributed by atoms with Gasteiger partial charge in [0.1, 0.15) is 0 Å². The number of nitriles is 1. The van der Waals surface area contributed by atoms with Crippen LogP contribution in [0.3, 0.4) is 0 Å². The molecule has 0 unspecified atom stereocenters. The maximum atomic E-state index is 9.40. The zero-order valence-electron chi connectivity index (χ0n) is 12.9. The molecule has 0 bridgehead atoms. The largest absolute Gasteiger partial charge is 0.494 e. The SMILES string of the molecule is CC1(C)OB(c2cc(Br)cc(C3(C#N)CC3)c2)OC1(C)C. The number of benzene rings is 1. The van der Waals surface area contributed by atoms with E-state index in [2.05, 4.69) is 28.1 Å². The Morgan fingerprint density at radius 2 is 1.67 bits per heavy atom. The summed E-state index contributed by atoms with van der Waals surface area (Å²) in [5.41, 5.74) is 1.02. The first-order valence-electron chi connectivity index (χ1n) is 7.27.